The summed E-state index contributed by atoms with van der Waals surface area (Å²) < 4.78 is 27.6. The summed E-state index contributed by atoms with van der Waals surface area (Å²) in [6, 6.07) is 4.93. The van der Waals surface area contributed by atoms with Gasteiger partial charge in [0, 0.05) is 15.5 Å². The van der Waals surface area contributed by atoms with E-state index in [4.69, 9.17) is 5.73 Å². The van der Waals surface area contributed by atoms with Crippen LogP contribution in [0.25, 0.3) is 0 Å². The summed E-state index contributed by atoms with van der Waals surface area (Å²) in [5.74, 6) is 0. The van der Waals surface area contributed by atoms with Crippen LogP contribution in [0.15, 0.2) is 38.3 Å². The van der Waals surface area contributed by atoms with Gasteiger partial charge < -0.3 is 5.73 Å². The standard InChI is InChI=1S/C11H11BrN2O2S2/c1-7-10(13)4-8(12)5-11(7)18(15,16)14-9-2-3-17-6-9/h2-6,14H,13H2,1H3. The number of hydrogen-bond acceptors (Lipinski definition) is 4. The van der Waals surface area contributed by atoms with Crippen LogP contribution in [0.1, 0.15) is 5.56 Å². The molecule has 7 heteroatoms. The maximum atomic E-state index is 12.2. The molecule has 0 unspecified atom stereocenters. The number of nitrogen functional groups attached to an aromatic ring is 1. The molecule has 0 saturated carbocycles. The second-order valence-corrected chi connectivity index (χ2v) is 7.08. The van der Waals surface area contributed by atoms with Crippen LogP contribution in [0.5, 0.6) is 0 Å². The minimum Gasteiger partial charge on any atom is -0.398 e. The molecule has 1 heterocycles. The molecule has 2 rings (SSSR count). The lowest BCUT2D eigenvalue weighted by molar-refractivity contribution is 0.600. The van der Waals surface area contributed by atoms with Crippen LogP contribution in [-0.2, 0) is 10.0 Å². The number of anilines is 2. The SMILES string of the molecule is Cc1c(N)cc(Br)cc1S(=O)(=O)Nc1ccsc1. The Labute approximate surface area is 118 Å². The highest BCUT2D eigenvalue weighted by Gasteiger charge is 2.19. The monoisotopic (exact) mass is 346 g/mol. The molecule has 0 fully saturated rings. The van der Waals surface area contributed by atoms with Crippen molar-refractivity contribution in [1.29, 1.82) is 0 Å². The first-order valence-electron chi connectivity index (χ1n) is 5.01. The Morgan fingerprint density at radius 3 is 2.72 bits per heavy atom. The predicted molar refractivity (Wildman–Crippen MR) is 78.4 cm³/mol. The second kappa shape index (κ2) is 4.91. The number of sulfonamides is 1. The molecule has 18 heavy (non-hydrogen) atoms. The lowest BCUT2D eigenvalue weighted by atomic mass is 10.2. The average molecular weight is 347 g/mol. The van der Waals surface area contributed by atoms with Crippen molar-refractivity contribution >= 4 is 48.7 Å². The van der Waals surface area contributed by atoms with Crippen LogP contribution in [0.2, 0.25) is 0 Å². The normalized spacial score (nSPS) is 11.4. The number of nitrogens with one attached hydrogen (secondary N) is 1. The Morgan fingerprint density at radius 2 is 2.11 bits per heavy atom. The van der Waals surface area contributed by atoms with Crippen molar-refractivity contribution in [3.05, 3.63) is 39.0 Å². The van der Waals surface area contributed by atoms with E-state index in [1.54, 1.807) is 35.9 Å². The predicted octanol–water partition coefficient (Wildman–Crippen LogP) is 3.20. The van der Waals surface area contributed by atoms with Gasteiger partial charge in [0.15, 0.2) is 0 Å². The quantitative estimate of drug-likeness (QED) is 0.838. The van der Waals surface area contributed by atoms with Crippen molar-refractivity contribution in [1.82, 2.24) is 0 Å². The van der Waals surface area contributed by atoms with E-state index in [9.17, 15) is 8.42 Å². The van der Waals surface area contributed by atoms with Crippen LogP contribution < -0.4 is 10.5 Å². The van der Waals surface area contributed by atoms with E-state index in [2.05, 4.69) is 20.7 Å². The zero-order chi connectivity index (χ0) is 13.3. The smallest absolute Gasteiger partial charge is 0.262 e. The summed E-state index contributed by atoms with van der Waals surface area (Å²) in [6.45, 7) is 1.68. The van der Waals surface area contributed by atoms with Gasteiger partial charge in [0.25, 0.3) is 10.0 Å². The van der Waals surface area contributed by atoms with Crippen LogP contribution >= 0.6 is 27.3 Å². The van der Waals surface area contributed by atoms with Crippen LogP contribution in [0, 0.1) is 6.92 Å². The summed E-state index contributed by atoms with van der Waals surface area (Å²) in [6.07, 6.45) is 0. The van der Waals surface area contributed by atoms with Crippen LogP contribution in [0.4, 0.5) is 11.4 Å². The van der Waals surface area contributed by atoms with E-state index in [1.807, 2.05) is 0 Å². The van der Waals surface area contributed by atoms with Crippen LogP contribution in [0.3, 0.4) is 0 Å². The molecule has 0 amide bonds. The molecule has 1 aromatic carbocycles. The van der Waals surface area contributed by atoms with E-state index in [1.165, 1.54) is 11.3 Å². The fourth-order valence-corrected chi connectivity index (χ4v) is 4.13. The maximum Gasteiger partial charge on any atom is 0.262 e. The van der Waals surface area contributed by atoms with Crippen molar-refractivity contribution in [3.8, 4) is 0 Å². The highest BCUT2D eigenvalue weighted by Crippen LogP contribution is 2.28. The topological polar surface area (TPSA) is 72.2 Å². The molecule has 0 aliphatic heterocycles. The molecule has 0 saturated heterocycles. The minimum absolute atomic E-state index is 0.181. The summed E-state index contributed by atoms with van der Waals surface area (Å²) in [5.41, 5.74) is 7.31. The molecule has 0 spiro atoms. The minimum atomic E-state index is -3.61. The highest BCUT2D eigenvalue weighted by molar-refractivity contribution is 9.10. The number of hydrogen-bond donors (Lipinski definition) is 2. The van der Waals surface area contributed by atoms with Crippen molar-refractivity contribution in [2.75, 3.05) is 10.5 Å². The third-order valence-electron chi connectivity index (χ3n) is 2.43. The van der Waals surface area contributed by atoms with E-state index in [0.717, 1.165) is 0 Å². The van der Waals surface area contributed by atoms with Gasteiger partial charge in [-0.05, 0) is 36.1 Å². The first kappa shape index (κ1) is 13.4. The van der Waals surface area contributed by atoms with E-state index in [-0.39, 0.29) is 4.90 Å². The van der Waals surface area contributed by atoms with E-state index < -0.39 is 10.0 Å². The first-order chi connectivity index (χ1) is 8.40. The Bertz CT molecular complexity index is 667. The van der Waals surface area contributed by atoms with Gasteiger partial charge in [0.2, 0.25) is 0 Å². The molecule has 0 atom stereocenters. The lowest BCUT2D eigenvalue weighted by Gasteiger charge is -2.11. The van der Waals surface area contributed by atoms with Gasteiger partial charge >= 0.3 is 0 Å². The molecule has 0 aliphatic carbocycles. The van der Waals surface area contributed by atoms with Gasteiger partial charge in [-0.1, -0.05) is 15.9 Å². The second-order valence-electron chi connectivity index (χ2n) is 3.74. The average Bonchev–Trinajstić information content (AvgIpc) is 2.75. The van der Waals surface area contributed by atoms with Crippen LogP contribution in [-0.4, -0.2) is 8.42 Å². The number of halogens is 1. The summed E-state index contributed by atoms with van der Waals surface area (Å²) in [7, 11) is -3.61. The summed E-state index contributed by atoms with van der Waals surface area (Å²) >= 11 is 4.67. The number of thiophene rings is 1. The molecule has 4 nitrogen and oxygen atoms in total. The zero-order valence-electron chi connectivity index (χ0n) is 9.48. The van der Waals surface area contributed by atoms with Gasteiger partial charge in [-0.2, -0.15) is 11.3 Å². The molecule has 3 N–H and O–H groups in total. The van der Waals surface area contributed by atoms with Crippen molar-refractivity contribution in [2.45, 2.75) is 11.8 Å². The molecule has 1 aromatic heterocycles. The zero-order valence-corrected chi connectivity index (χ0v) is 12.7. The Kier molecular flexibility index (Phi) is 3.65. The molecule has 96 valence electrons. The molecular weight excluding hydrogens is 336 g/mol. The third kappa shape index (κ3) is 2.68. The number of nitrogens with two attached hydrogens (primary N) is 1. The molecule has 0 bridgehead atoms. The van der Waals surface area contributed by atoms with Crippen molar-refractivity contribution in [2.24, 2.45) is 0 Å². The van der Waals surface area contributed by atoms with E-state index >= 15 is 0 Å². The number of benzene rings is 1. The molecule has 2 aromatic rings. The fourth-order valence-electron chi connectivity index (χ4n) is 1.49. The van der Waals surface area contributed by atoms with Gasteiger partial charge in [0.1, 0.15) is 0 Å². The van der Waals surface area contributed by atoms with Gasteiger partial charge in [-0.3, -0.25) is 4.72 Å². The van der Waals surface area contributed by atoms with Crippen molar-refractivity contribution in [3.63, 3.8) is 0 Å². The van der Waals surface area contributed by atoms with E-state index in [0.29, 0.717) is 21.4 Å². The Hall–Kier alpha value is -1.05. The largest absolute Gasteiger partial charge is 0.398 e. The van der Waals surface area contributed by atoms with Gasteiger partial charge in [-0.15, -0.1) is 0 Å². The summed E-state index contributed by atoms with van der Waals surface area (Å²) in [5, 5.41) is 3.54. The molecule has 0 radical (unpaired) electrons. The first-order valence-corrected chi connectivity index (χ1v) is 8.22. The summed E-state index contributed by atoms with van der Waals surface area (Å²) in [4.78, 5) is 0.181. The number of rotatable bonds is 3. The highest BCUT2D eigenvalue weighted by atomic mass is 79.9. The maximum absolute atomic E-state index is 12.2. The third-order valence-corrected chi connectivity index (χ3v) is 5.08. The Balaban J connectivity index is 2.48. The molecular formula is C11H11BrN2O2S2. The fraction of sp³-hybridized carbons (Fsp3) is 0.0909. The Morgan fingerprint density at radius 1 is 1.39 bits per heavy atom. The molecule has 0 aliphatic rings. The van der Waals surface area contributed by atoms with Gasteiger partial charge in [-0.25, -0.2) is 8.42 Å². The van der Waals surface area contributed by atoms with Gasteiger partial charge in [0.05, 0.1) is 10.6 Å². The lowest BCUT2D eigenvalue weighted by Crippen LogP contribution is -2.14. The van der Waals surface area contributed by atoms with Crippen molar-refractivity contribution < 1.29 is 8.42 Å².